The van der Waals surface area contributed by atoms with Crippen molar-refractivity contribution < 1.29 is 9.47 Å². The van der Waals surface area contributed by atoms with Crippen molar-refractivity contribution in [2.75, 3.05) is 27.4 Å². The zero-order valence-electron chi connectivity index (χ0n) is 13.8. The Morgan fingerprint density at radius 1 is 1.19 bits per heavy atom. The van der Waals surface area contributed by atoms with Gasteiger partial charge >= 0.3 is 0 Å². The van der Waals surface area contributed by atoms with E-state index in [1.54, 1.807) is 14.2 Å². The highest BCUT2D eigenvalue weighted by Gasteiger charge is 2.43. The molecular formula is C18H29NO2. The van der Waals surface area contributed by atoms with Crippen LogP contribution in [0.5, 0.6) is 0 Å². The Kier molecular flexibility index (Phi) is 5.84. The lowest BCUT2D eigenvalue weighted by Crippen LogP contribution is -2.29. The molecule has 0 bridgehead atoms. The molecular weight excluding hydrogens is 262 g/mol. The van der Waals surface area contributed by atoms with Gasteiger partial charge in [0.2, 0.25) is 0 Å². The van der Waals surface area contributed by atoms with Crippen LogP contribution >= 0.6 is 0 Å². The van der Waals surface area contributed by atoms with Gasteiger partial charge in [0.05, 0.1) is 19.3 Å². The van der Waals surface area contributed by atoms with Crippen molar-refractivity contribution in [3.05, 3.63) is 11.1 Å². The molecule has 2 aliphatic rings. The van der Waals surface area contributed by atoms with Crippen molar-refractivity contribution in [3.63, 3.8) is 0 Å². The van der Waals surface area contributed by atoms with Crippen LogP contribution in [0.3, 0.4) is 0 Å². The highest BCUT2D eigenvalue weighted by molar-refractivity contribution is 5.30. The van der Waals surface area contributed by atoms with Gasteiger partial charge in [-0.05, 0) is 56.8 Å². The second-order valence-electron chi connectivity index (χ2n) is 7.12. The third kappa shape index (κ3) is 3.87. The van der Waals surface area contributed by atoms with Gasteiger partial charge in [-0.2, -0.15) is 5.26 Å². The van der Waals surface area contributed by atoms with Crippen LogP contribution in [-0.4, -0.2) is 27.4 Å². The number of ether oxygens (including phenoxy) is 2. The highest BCUT2D eigenvalue weighted by atomic mass is 16.5. The summed E-state index contributed by atoms with van der Waals surface area (Å²) in [5.41, 5.74) is 2.66. The summed E-state index contributed by atoms with van der Waals surface area (Å²) in [6, 6.07) is 2.50. The van der Waals surface area contributed by atoms with E-state index in [0.717, 1.165) is 50.9 Å². The zero-order valence-corrected chi connectivity index (χ0v) is 13.8. The quantitative estimate of drug-likeness (QED) is 0.692. The standard InChI is InChI=1S/C18H29NO2/c1-14-9-18(12-20-2,13-21-3)10-16(14)8-17(11-19)15-6-4-5-7-15/h14,16H,4-10,12-13H2,1-3H3/t14-,16-/m1/s1. The van der Waals surface area contributed by atoms with E-state index in [1.165, 1.54) is 18.4 Å². The summed E-state index contributed by atoms with van der Waals surface area (Å²) < 4.78 is 10.9. The molecule has 118 valence electrons. The molecule has 0 aromatic heterocycles. The van der Waals surface area contributed by atoms with Crippen LogP contribution in [-0.2, 0) is 9.47 Å². The lowest BCUT2D eigenvalue weighted by Gasteiger charge is -2.27. The van der Waals surface area contributed by atoms with Gasteiger partial charge in [0.25, 0.3) is 0 Å². The molecule has 0 aromatic rings. The van der Waals surface area contributed by atoms with Crippen molar-refractivity contribution >= 4 is 0 Å². The average Bonchev–Trinajstić information content (AvgIpc) is 3.06. The first-order chi connectivity index (χ1) is 10.1. The van der Waals surface area contributed by atoms with Crippen LogP contribution in [0.1, 0.15) is 51.9 Å². The number of hydrogen-bond donors (Lipinski definition) is 0. The van der Waals surface area contributed by atoms with E-state index < -0.39 is 0 Å². The van der Waals surface area contributed by atoms with Gasteiger partial charge in [0, 0.05) is 25.2 Å². The Labute approximate surface area is 129 Å². The van der Waals surface area contributed by atoms with Gasteiger partial charge in [0.1, 0.15) is 0 Å². The van der Waals surface area contributed by atoms with Crippen molar-refractivity contribution in [3.8, 4) is 6.07 Å². The van der Waals surface area contributed by atoms with Crippen molar-refractivity contribution in [1.82, 2.24) is 0 Å². The van der Waals surface area contributed by atoms with Crippen LogP contribution in [0.2, 0.25) is 0 Å². The number of hydrogen-bond acceptors (Lipinski definition) is 3. The highest BCUT2D eigenvalue weighted by Crippen LogP contribution is 2.48. The SMILES string of the molecule is COCC1(COC)C[C@@H](CC(C#N)=C2CCCC2)[C@H](C)C1. The molecule has 0 aliphatic heterocycles. The summed E-state index contributed by atoms with van der Waals surface area (Å²) >= 11 is 0. The van der Waals surface area contributed by atoms with Crippen LogP contribution in [0, 0.1) is 28.6 Å². The molecule has 2 aliphatic carbocycles. The first-order valence-electron chi connectivity index (χ1n) is 8.23. The van der Waals surface area contributed by atoms with Crippen LogP contribution < -0.4 is 0 Å². The van der Waals surface area contributed by atoms with E-state index in [1.807, 2.05) is 0 Å². The van der Waals surface area contributed by atoms with Crippen LogP contribution in [0.4, 0.5) is 0 Å². The Hall–Kier alpha value is -0.850. The maximum atomic E-state index is 9.51. The Balaban J connectivity index is 2.07. The number of nitriles is 1. The third-order valence-electron chi connectivity index (χ3n) is 5.39. The molecule has 0 heterocycles. The van der Waals surface area contributed by atoms with Gasteiger partial charge in [-0.1, -0.05) is 12.5 Å². The smallest absolute Gasteiger partial charge is 0.0946 e. The monoisotopic (exact) mass is 291 g/mol. The van der Waals surface area contributed by atoms with E-state index in [-0.39, 0.29) is 5.41 Å². The second kappa shape index (κ2) is 7.42. The summed E-state index contributed by atoms with van der Waals surface area (Å²) in [6.07, 6.45) is 8.04. The van der Waals surface area contributed by atoms with Crippen LogP contribution in [0.15, 0.2) is 11.1 Å². The fourth-order valence-electron chi connectivity index (χ4n) is 4.49. The van der Waals surface area contributed by atoms with E-state index >= 15 is 0 Å². The van der Waals surface area contributed by atoms with E-state index in [0.29, 0.717) is 11.8 Å². The second-order valence-corrected chi connectivity index (χ2v) is 7.12. The lowest BCUT2D eigenvalue weighted by molar-refractivity contribution is 0.0107. The summed E-state index contributed by atoms with van der Waals surface area (Å²) in [7, 11) is 3.55. The molecule has 2 saturated carbocycles. The first-order valence-corrected chi connectivity index (χ1v) is 8.23. The van der Waals surface area contributed by atoms with E-state index in [2.05, 4.69) is 13.0 Å². The summed E-state index contributed by atoms with van der Waals surface area (Å²) in [5, 5.41) is 9.51. The molecule has 3 heteroatoms. The molecule has 0 spiro atoms. The van der Waals surface area contributed by atoms with Crippen molar-refractivity contribution in [1.29, 1.82) is 5.26 Å². The predicted molar refractivity (Wildman–Crippen MR) is 83.8 cm³/mol. The average molecular weight is 291 g/mol. The molecule has 2 atom stereocenters. The molecule has 0 N–H and O–H groups in total. The fourth-order valence-corrected chi connectivity index (χ4v) is 4.49. The van der Waals surface area contributed by atoms with Gasteiger partial charge in [0.15, 0.2) is 0 Å². The largest absolute Gasteiger partial charge is 0.384 e. The van der Waals surface area contributed by atoms with Crippen molar-refractivity contribution in [2.24, 2.45) is 17.3 Å². The number of methoxy groups -OCH3 is 2. The minimum absolute atomic E-state index is 0.147. The minimum atomic E-state index is 0.147. The third-order valence-corrected chi connectivity index (χ3v) is 5.39. The minimum Gasteiger partial charge on any atom is -0.384 e. The number of nitrogens with zero attached hydrogens (tertiary/aromatic N) is 1. The lowest BCUT2D eigenvalue weighted by atomic mass is 9.85. The van der Waals surface area contributed by atoms with E-state index in [4.69, 9.17) is 9.47 Å². The maximum Gasteiger partial charge on any atom is 0.0946 e. The number of rotatable bonds is 6. The summed E-state index contributed by atoms with van der Waals surface area (Å²) in [6.45, 7) is 3.85. The normalized spacial score (nSPS) is 27.8. The Morgan fingerprint density at radius 2 is 1.81 bits per heavy atom. The van der Waals surface area contributed by atoms with Crippen LogP contribution in [0.25, 0.3) is 0 Å². The summed E-state index contributed by atoms with van der Waals surface area (Å²) in [5.74, 6) is 1.23. The molecule has 0 radical (unpaired) electrons. The van der Waals surface area contributed by atoms with Gasteiger partial charge < -0.3 is 9.47 Å². The molecule has 0 saturated heterocycles. The van der Waals surface area contributed by atoms with Gasteiger partial charge in [-0.3, -0.25) is 0 Å². The van der Waals surface area contributed by atoms with Crippen molar-refractivity contribution in [2.45, 2.75) is 51.9 Å². The molecule has 2 rings (SSSR count). The van der Waals surface area contributed by atoms with E-state index in [9.17, 15) is 5.26 Å². The molecule has 2 fully saturated rings. The Morgan fingerprint density at radius 3 is 2.33 bits per heavy atom. The predicted octanol–water partition coefficient (Wildman–Crippen LogP) is 4.10. The topological polar surface area (TPSA) is 42.2 Å². The fraction of sp³-hybridized carbons (Fsp3) is 0.833. The van der Waals surface area contributed by atoms with Gasteiger partial charge in [-0.15, -0.1) is 0 Å². The molecule has 0 amide bonds. The molecule has 21 heavy (non-hydrogen) atoms. The molecule has 0 unspecified atom stereocenters. The zero-order chi connectivity index (χ0) is 15.3. The first kappa shape index (κ1) is 16.5. The molecule has 3 nitrogen and oxygen atoms in total. The Bertz CT molecular complexity index is 407. The maximum absolute atomic E-state index is 9.51. The summed E-state index contributed by atoms with van der Waals surface area (Å²) in [4.78, 5) is 0. The number of allylic oxidation sites excluding steroid dienone is 2. The van der Waals surface area contributed by atoms with Gasteiger partial charge in [-0.25, -0.2) is 0 Å². The molecule has 0 aromatic carbocycles.